The van der Waals surface area contributed by atoms with Gasteiger partial charge in [-0.3, -0.25) is 4.79 Å². The third kappa shape index (κ3) is 6.75. The minimum Gasteiger partial charge on any atom is -0.481 e. The van der Waals surface area contributed by atoms with E-state index in [1.54, 1.807) is 7.11 Å². The number of ether oxygens (including phenoxy) is 1. The van der Waals surface area contributed by atoms with Gasteiger partial charge in [-0.05, 0) is 12.0 Å². The first-order valence-electron chi connectivity index (χ1n) is 6.41. The molecule has 1 rings (SSSR count). The van der Waals surface area contributed by atoms with Crippen molar-refractivity contribution in [1.82, 2.24) is 10.6 Å². The quantitative estimate of drug-likeness (QED) is 0.663. The SMILES string of the molecule is COCC(Cc1ccccc1)NC(=O)NCCC(=O)O. The molecular formula is C14H20N2O4. The molecule has 0 aliphatic heterocycles. The van der Waals surface area contributed by atoms with Crippen molar-refractivity contribution in [2.24, 2.45) is 0 Å². The standard InChI is InChI=1S/C14H20N2O4/c1-20-10-12(9-11-5-3-2-4-6-11)16-14(19)15-8-7-13(17)18/h2-6,12H,7-10H2,1H3,(H,17,18)(H2,15,16,19). The highest BCUT2D eigenvalue weighted by molar-refractivity contribution is 5.75. The molecule has 1 aromatic rings. The van der Waals surface area contributed by atoms with Gasteiger partial charge < -0.3 is 20.5 Å². The molecule has 0 aliphatic rings. The molecule has 20 heavy (non-hydrogen) atoms. The second kappa shape index (κ2) is 8.92. The highest BCUT2D eigenvalue weighted by Gasteiger charge is 2.12. The van der Waals surface area contributed by atoms with E-state index in [0.29, 0.717) is 13.0 Å². The molecule has 0 aromatic heterocycles. The normalized spacial score (nSPS) is 11.7. The monoisotopic (exact) mass is 280 g/mol. The van der Waals surface area contributed by atoms with Crippen molar-refractivity contribution in [3.63, 3.8) is 0 Å². The molecule has 2 amide bonds. The fraction of sp³-hybridized carbons (Fsp3) is 0.429. The van der Waals surface area contributed by atoms with Crippen LogP contribution in [0.25, 0.3) is 0 Å². The molecule has 0 saturated carbocycles. The second-order valence-corrected chi connectivity index (χ2v) is 4.39. The Morgan fingerprint density at radius 1 is 1.30 bits per heavy atom. The van der Waals surface area contributed by atoms with Crippen LogP contribution in [0.1, 0.15) is 12.0 Å². The van der Waals surface area contributed by atoms with E-state index in [4.69, 9.17) is 9.84 Å². The third-order valence-electron chi connectivity index (χ3n) is 2.65. The Kier molecular flexibility index (Phi) is 7.13. The number of amides is 2. The van der Waals surface area contributed by atoms with Crippen LogP contribution in [-0.4, -0.2) is 43.4 Å². The van der Waals surface area contributed by atoms with Crippen molar-refractivity contribution in [2.45, 2.75) is 18.9 Å². The first-order chi connectivity index (χ1) is 9.61. The van der Waals surface area contributed by atoms with Gasteiger partial charge in [0.1, 0.15) is 0 Å². The Hall–Kier alpha value is -2.08. The molecule has 0 fully saturated rings. The molecule has 1 unspecified atom stereocenters. The van der Waals surface area contributed by atoms with Gasteiger partial charge in [0.15, 0.2) is 0 Å². The van der Waals surface area contributed by atoms with Crippen molar-refractivity contribution >= 4 is 12.0 Å². The van der Waals surface area contributed by atoms with Crippen molar-refractivity contribution in [2.75, 3.05) is 20.3 Å². The number of hydrogen-bond acceptors (Lipinski definition) is 3. The van der Waals surface area contributed by atoms with Gasteiger partial charge in [0.2, 0.25) is 0 Å². The van der Waals surface area contributed by atoms with Crippen molar-refractivity contribution in [3.05, 3.63) is 35.9 Å². The van der Waals surface area contributed by atoms with E-state index >= 15 is 0 Å². The Morgan fingerprint density at radius 2 is 2.00 bits per heavy atom. The molecule has 0 heterocycles. The highest BCUT2D eigenvalue weighted by atomic mass is 16.5. The summed E-state index contributed by atoms with van der Waals surface area (Å²) in [6.45, 7) is 0.494. The van der Waals surface area contributed by atoms with Crippen LogP contribution < -0.4 is 10.6 Å². The molecule has 0 aliphatic carbocycles. The molecule has 6 nitrogen and oxygen atoms in total. The van der Waals surface area contributed by atoms with Gasteiger partial charge in [-0.1, -0.05) is 30.3 Å². The van der Waals surface area contributed by atoms with Gasteiger partial charge in [0.05, 0.1) is 19.1 Å². The molecule has 1 atom stereocenters. The number of carboxylic acid groups (broad SMARTS) is 1. The first kappa shape index (κ1) is 16.0. The number of rotatable bonds is 8. The summed E-state index contributed by atoms with van der Waals surface area (Å²) in [4.78, 5) is 22.0. The molecule has 1 aromatic carbocycles. The van der Waals surface area contributed by atoms with Crippen LogP contribution in [-0.2, 0) is 16.0 Å². The maximum atomic E-state index is 11.6. The lowest BCUT2D eigenvalue weighted by atomic mass is 10.1. The molecular weight excluding hydrogens is 260 g/mol. The van der Waals surface area contributed by atoms with E-state index in [1.807, 2.05) is 30.3 Å². The van der Waals surface area contributed by atoms with Crippen LogP contribution in [0.5, 0.6) is 0 Å². The van der Waals surface area contributed by atoms with Crippen molar-refractivity contribution in [3.8, 4) is 0 Å². The molecule has 0 spiro atoms. The average molecular weight is 280 g/mol. The first-order valence-corrected chi connectivity index (χ1v) is 6.41. The summed E-state index contributed by atoms with van der Waals surface area (Å²) in [6, 6.07) is 9.22. The lowest BCUT2D eigenvalue weighted by molar-refractivity contribution is -0.136. The lowest BCUT2D eigenvalue weighted by Crippen LogP contribution is -2.45. The Morgan fingerprint density at radius 3 is 2.60 bits per heavy atom. The Labute approximate surface area is 118 Å². The third-order valence-corrected chi connectivity index (χ3v) is 2.65. The molecule has 0 saturated heterocycles. The minimum absolute atomic E-state index is 0.0962. The van der Waals surface area contributed by atoms with E-state index < -0.39 is 5.97 Å². The molecule has 0 radical (unpaired) electrons. The largest absolute Gasteiger partial charge is 0.481 e. The van der Waals surface area contributed by atoms with Gasteiger partial charge >= 0.3 is 12.0 Å². The summed E-state index contributed by atoms with van der Waals surface area (Å²) in [6.07, 6.45) is 0.558. The van der Waals surface area contributed by atoms with Crippen LogP contribution in [0.4, 0.5) is 4.79 Å². The molecule has 6 heteroatoms. The van der Waals surface area contributed by atoms with Crippen molar-refractivity contribution < 1.29 is 19.4 Å². The number of aliphatic carboxylic acids is 1. The molecule has 0 bridgehead atoms. The summed E-state index contributed by atoms with van der Waals surface area (Å²) in [5.74, 6) is -0.942. The highest BCUT2D eigenvalue weighted by Crippen LogP contribution is 2.03. The van der Waals surface area contributed by atoms with Gasteiger partial charge in [-0.25, -0.2) is 4.79 Å². The van der Waals surface area contributed by atoms with Crippen LogP contribution in [0.2, 0.25) is 0 Å². The Balaban J connectivity index is 2.41. The maximum Gasteiger partial charge on any atom is 0.315 e. The van der Waals surface area contributed by atoms with E-state index in [0.717, 1.165) is 5.56 Å². The predicted octanol–water partition coefficient (Wildman–Crippen LogP) is 1.02. The van der Waals surface area contributed by atoms with E-state index in [-0.39, 0.29) is 25.0 Å². The summed E-state index contributed by atoms with van der Waals surface area (Å²) in [7, 11) is 1.57. The number of urea groups is 1. The smallest absolute Gasteiger partial charge is 0.315 e. The van der Waals surface area contributed by atoms with Crippen LogP contribution in [0, 0.1) is 0 Å². The number of methoxy groups -OCH3 is 1. The minimum atomic E-state index is -0.942. The van der Waals surface area contributed by atoms with Crippen LogP contribution in [0.15, 0.2) is 30.3 Å². The summed E-state index contributed by atoms with van der Waals surface area (Å²) in [5.41, 5.74) is 1.10. The topological polar surface area (TPSA) is 87.7 Å². The van der Waals surface area contributed by atoms with Crippen LogP contribution in [0.3, 0.4) is 0 Å². The number of carbonyl (C=O) groups excluding carboxylic acids is 1. The number of benzene rings is 1. The number of carboxylic acids is 1. The van der Waals surface area contributed by atoms with Gasteiger partial charge in [-0.15, -0.1) is 0 Å². The fourth-order valence-corrected chi connectivity index (χ4v) is 1.77. The van der Waals surface area contributed by atoms with Crippen LogP contribution >= 0.6 is 0 Å². The predicted molar refractivity (Wildman–Crippen MR) is 74.6 cm³/mol. The van der Waals surface area contributed by atoms with Gasteiger partial charge in [0.25, 0.3) is 0 Å². The number of hydrogen-bond donors (Lipinski definition) is 3. The zero-order valence-corrected chi connectivity index (χ0v) is 11.5. The fourth-order valence-electron chi connectivity index (χ4n) is 1.77. The summed E-state index contributed by atoms with van der Waals surface area (Å²) < 4.78 is 5.08. The van der Waals surface area contributed by atoms with E-state index in [2.05, 4.69) is 10.6 Å². The van der Waals surface area contributed by atoms with E-state index in [1.165, 1.54) is 0 Å². The lowest BCUT2D eigenvalue weighted by Gasteiger charge is -2.18. The number of carbonyl (C=O) groups is 2. The molecule has 3 N–H and O–H groups in total. The summed E-state index contributed by atoms with van der Waals surface area (Å²) >= 11 is 0. The van der Waals surface area contributed by atoms with Gasteiger partial charge in [0, 0.05) is 13.7 Å². The van der Waals surface area contributed by atoms with Crippen molar-refractivity contribution in [1.29, 1.82) is 0 Å². The summed E-state index contributed by atoms with van der Waals surface area (Å²) in [5, 5.41) is 13.8. The maximum absolute atomic E-state index is 11.6. The Bertz CT molecular complexity index is 422. The average Bonchev–Trinajstić information content (AvgIpc) is 2.39. The zero-order chi connectivity index (χ0) is 14.8. The molecule has 110 valence electrons. The zero-order valence-electron chi connectivity index (χ0n) is 11.5. The van der Waals surface area contributed by atoms with E-state index in [9.17, 15) is 9.59 Å². The number of nitrogens with one attached hydrogen (secondary N) is 2. The second-order valence-electron chi connectivity index (χ2n) is 4.39. The van der Waals surface area contributed by atoms with Gasteiger partial charge in [-0.2, -0.15) is 0 Å².